The van der Waals surface area contributed by atoms with E-state index >= 15 is 0 Å². The molecule has 34 heavy (non-hydrogen) atoms. The molecule has 1 aliphatic rings. The molecule has 3 rings (SSSR count). The Morgan fingerprint density at radius 1 is 1.12 bits per heavy atom. The van der Waals surface area contributed by atoms with Crippen molar-refractivity contribution in [2.24, 2.45) is 5.92 Å². The Kier molecular flexibility index (Phi) is 7.67. The zero-order valence-electron chi connectivity index (χ0n) is 20.8. The number of sulfonamides is 1. The van der Waals surface area contributed by atoms with E-state index in [9.17, 15) is 18.0 Å². The number of carbonyl (C=O) groups excluding carboxylic acids is 2. The summed E-state index contributed by atoms with van der Waals surface area (Å²) in [5, 5.41) is 2.90. The van der Waals surface area contributed by atoms with Crippen molar-refractivity contribution in [3.8, 4) is 0 Å². The first-order valence-electron chi connectivity index (χ1n) is 11.5. The topological polar surface area (TPSA) is 90.0 Å². The third kappa shape index (κ3) is 4.95. The van der Waals surface area contributed by atoms with Crippen LogP contribution in [0.2, 0.25) is 0 Å². The molecule has 0 aliphatic carbocycles. The Hall–Kier alpha value is -2.91. The summed E-state index contributed by atoms with van der Waals surface area (Å²) >= 11 is 0. The minimum Gasteiger partial charge on any atom is -0.376 e. The van der Waals surface area contributed by atoms with Crippen molar-refractivity contribution in [1.29, 1.82) is 0 Å². The van der Waals surface area contributed by atoms with Gasteiger partial charge < -0.3 is 15.1 Å². The molecule has 1 fully saturated rings. The fourth-order valence-electron chi connectivity index (χ4n) is 4.26. The van der Waals surface area contributed by atoms with Crippen LogP contribution in [0, 0.1) is 19.8 Å². The zero-order valence-corrected chi connectivity index (χ0v) is 21.6. The second-order valence-electron chi connectivity index (χ2n) is 8.78. The van der Waals surface area contributed by atoms with E-state index in [0.29, 0.717) is 24.5 Å². The predicted octanol–water partition coefficient (Wildman–Crippen LogP) is 3.39. The molecule has 2 aromatic rings. The predicted molar refractivity (Wildman–Crippen MR) is 136 cm³/mol. The van der Waals surface area contributed by atoms with Gasteiger partial charge >= 0.3 is 0 Å². The standard InChI is InChI=1S/C25H34N4O4S/c1-7-28(8-2)34(32,33)20-12-13-23(27(5)6)21(15-20)26-25(31)19-14-24(30)29(16-19)22-11-9-10-17(3)18(22)4/h9-13,15,19H,7-8,14,16H2,1-6H3,(H,26,31). The summed E-state index contributed by atoms with van der Waals surface area (Å²) in [5.41, 5.74) is 4.01. The number of hydrogen-bond acceptors (Lipinski definition) is 5. The van der Waals surface area contributed by atoms with E-state index in [4.69, 9.17) is 0 Å². The molecule has 0 saturated carbocycles. The first-order chi connectivity index (χ1) is 16.0. The number of benzene rings is 2. The van der Waals surface area contributed by atoms with Crippen LogP contribution in [0.5, 0.6) is 0 Å². The number of nitrogens with zero attached hydrogens (tertiary/aromatic N) is 3. The van der Waals surface area contributed by atoms with Gasteiger partial charge in [-0.15, -0.1) is 0 Å². The van der Waals surface area contributed by atoms with E-state index in [1.807, 2.05) is 51.0 Å². The SMILES string of the molecule is CCN(CC)S(=O)(=O)c1ccc(N(C)C)c(NC(=O)C2CC(=O)N(c3cccc(C)c3C)C2)c1. The van der Waals surface area contributed by atoms with E-state index in [1.54, 1.807) is 30.9 Å². The summed E-state index contributed by atoms with van der Waals surface area (Å²) in [6.45, 7) is 8.53. The molecule has 1 atom stereocenters. The van der Waals surface area contributed by atoms with Crippen molar-refractivity contribution >= 4 is 38.9 Å². The van der Waals surface area contributed by atoms with Crippen molar-refractivity contribution in [3.05, 3.63) is 47.5 Å². The van der Waals surface area contributed by atoms with Gasteiger partial charge in [0.1, 0.15) is 0 Å². The molecule has 1 aliphatic heterocycles. The molecule has 1 heterocycles. The molecule has 2 aromatic carbocycles. The van der Waals surface area contributed by atoms with Crippen molar-refractivity contribution in [2.45, 2.75) is 39.0 Å². The Bertz CT molecular complexity index is 1190. The van der Waals surface area contributed by atoms with Gasteiger partial charge in [-0.1, -0.05) is 26.0 Å². The summed E-state index contributed by atoms with van der Waals surface area (Å²) in [4.78, 5) is 29.6. The molecule has 1 unspecified atom stereocenters. The lowest BCUT2D eigenvalue weighted by Gasteiger charge is -2.23. The molecule has 184 valence electrons. The van der Waals surface area contributed by atoms with Crippen LogP contribution in [0.15, 0.2) is 41.3 Å². The van der Waals surface area contributed by atoms with Crippen molar-refractivity contribution < 1.29 is 18.0 Å². The van der Waals surface area contributed by atoms with E-state index in [-0.39, 0.29) is 29.7 Å². The summed E-state index contributed by atoms with van der Waals surface area (Å²) in [6, 6.07) is 10.5. The van der Waals surface area contributed by atoms with Crippen LogP contribution >= 0.6 is 0 Å². The van der Waals surface area contributed by atoms with Crippen LogP contribution in [0.4, 0.5) is 17.1 Å². The summed E-state index contributed by atoms with van der Waals surface area (Å²) in [7, 11) is -0.0337. The number of nitrogens with one attached hydrogen (secondary N) is 1. The Morgan fingerprint density at radius 3 is 2.41 bits per heavy atom. The lowest BCUT2D eigenvalue weighted by molar-refractivity contribution is -0.122. The monoisotopic (exact) mass is 486 g/mol. The van der Waals surface area contributed by atoms with E-state index < -0.39 is 15.9 Å². The highest BCUT2D eigenvalue weighted by Crippen LogP contribution is 2.32. The van der Waals surface area contributed by atoms with Crippen LogP contribution in [-0.4, -0.2) is 58.3 Å². The summed E-state index contributed by atoms with van der Waals surface area (Å²) in [5.74, 6) is -0.938. The minimum atomic E-state index is -3.68. The molecule has 9 heteroatoms. The van der Waals surface area contributed by atoms with E-state index in [2.05, 4.69) is 5.32 Å². The molecule has 8 nitrogen and oxygen atoms in total. The van der Waals surface area contributed by atoms with Crippen molar-refractivity contribution in [3.63, 3.8) is 0 Å². The van der Waals surface area contributed by atoms with Crippen molar-refractivity contribution in [2.75, 3.05) is 48.8 Å². The fourth-order valence-corrected chi connectivity index (χ4v) is 5.74. The number of aryl methyl sites for hydroxylation is 1. The second kappa shape index (κ2) is 10.1. The highest BCUT2D eigenvalue weighted by atomic mass is 32.2. The maximum absolute atomic E-state index is 13.2. The third-order valence-electron chi connectivity index (χ3n) is 6.41. The number of hydrogen-bond donors (Lipinski definition) is 1. The molecule has 0 aromatic heterocycles. The molecule has 1 saturated heterocycles. The maximum Gasteiger partial charge on any atom is 0.243 e. The fraction of sp³-hybridized carbons (Fsp3) is 0.440. The highest BCUT2D eigenvalue weighted by Gasteiger charge is 2.36. The maximum atomic E-state index is 13.2. The lowest BCUT2D eigenvalue weighted by Crippen LogP contribution is -2.31. The van der Waals surface area contributed by atoms with Gasteiger partial charge in [-0.2, -0.15) is 4.31 Å². The van der Waals surface area contributed by atoms with Gasteiger partial charge in [0.25, 0.3) is 0 Å². The Balaban J connectivity index is 1.88. The average Bonchev–Trinajstić information content (AvgIpc) is 3.17. The van der Waals surface area contributed by atoms with Crippen LogP contribution in [0.25, 0.3) is 0 Å². The van der Waals surface area contributed by atoms with Gasteiger partial charge in [-0.25, -0.2) is 8.42 Å². The van der Waals surface area contributed by atoms with Gasteiger partial charge in [-0.05, 0) is 49.2 Å². The Morgan fingerprint density at radius 2 is 1.79 bits per heavy atom. The van der Waals surface area contributed by atoms with E-state index in [0.717, 1.165) is 16.8 Å². The first kappa shape index (κ1) is 25.7. The molecule has 0 bridgehead atoms. The van der Waals surface area contributed by atoms with Crippen LogP contribution in [-0.2, 0) is 19.6 Å². The third-order valence-corrected chi connectivity index (χ3v) is 8.46. The lowest BCUT2D eigenvalue weighted by atomic mass is 10.1. The van der Waals surface area contributed by atoms with E-state index in [1.165, 1.54) is 10.4 Å². The van der Waals surface area contributed by atoms with Crippen LogP contribution < -0.4 is 15.1 Å². The smallest absolute Gasteiger partial charge is 0.243 e. The number of rotatable bonds is 8. The summed E-state index contributed by atoms with van der Waals surface area (Å²) in [6.07, 6.45) is 0.105. The number of anilines is 3. The molecule has 0 radical (unpaired) electrons. The molecule has 2 amide bonds. The molecule has 0 spiro atoms. The molecule has 1 N–H and O–H groups in total. The van der Waals surface area contributed by atoms with Gasteiger partial charge in [0.2, 0.25) is 21.8 Å². The molecular formula is C25H34N4O4S. The summed E-state index contributed by atoms with van der Waals surface area (Å²) < 4.78 is 27.4. The van der Waals surface area contributed by atoms with Gasteiger partial charge in [0.15, 0.2) is 0 Å². The van der Waals surface area contributed by atoms with Crippen molar-refractivity contribution in [1.82, 2.24) is 4.31 Å². The van der Waals surface area contributed by atoms with Gasteiger partial charge in [0, 0.05) is 45.8 Å². The first-order valence-corrected chi connectivity index (χ1v) is 12.9. The second-order valence-corrected chi connectivity index (χ2v) is 10.7. The normalized spacial score (nSPS) is 16.3. The quantitative estimate of drug-likeness (QED) is 0.618. The zero-order chi connectivity index (χ0) is 25.2. The minimum absolute atomic E-state index is 0.0976. The van der Waals surface area contributed by atoms with Crippen LogP contribution in [0.1, 0.15) is 31.4 Å². The number of amides is 2. The number of carbonyl (C=O) groups is 2. The largest absolute Gasteiger partial charge is 0.376 e. The highest BCUT2D eigenvalue weighted by molar-refractivity contribution is 7.89. The van der Waals surface area contributed by atoms with Gasteiger partial charge in [0.05, 0.1) is 22.2 Å². The van der Waals surface area contributed by atoms with Crippen LogP contribution in [0.3, 0.4) is 0 Å². The Labute approximate surface area is 202 Å². The molecular weight excluding hydrogens is 452 g/mol. The van der Waals surface area contributed by atoms with Gasteiger partial charge in [-0.3, -0.25) is 9.59 Å². The average molecular weight is 487 g/mol.